The predicted octanol–water partition coefficient (Wildman–Crippen LogP) is 5.96. The Morgan fingerprint density at radius 1 is 1.09 bits per heavy atom. The molecule has 0 spiro atoms. The number of esters is 1. The summed E-state index contributed by atoms with van der Waals surface area (Å²) in [6, 6.07) is 15.3. The minimum Gasteiger partial charge on any atom is -0.450 e. The first-order valence-electron chi connectivity index (χ1n) is 11.2. The molecule has 170 valence electrons. The van der Waals surface area contributed by atoms with Crippen LogP contribution in [0.2, 0.25) is 0 Å². The van der Waals surface area contributed by atoms with Gasteiger partial charge in [-0.05, 0) is 73.5 Å². The van der Waals surface area contributed by atoms with Crippen molar-refractivity contribution in [2.75, 3.05) is 6.54 Å². The summed E-state index contributed by atoms with van der Waals surface area (Å²) in [6.07, 6.45) is 5.67. The number of halogens is 3. The van der Waals surface area contributed by atoms with Crippen LogP contribution in [0.4, 0.5) is 0 Å². The minimum atomic E-state index is -1.94. The summed E-state index contributed by atoms with van der Waals surface area (Å²) in [5, 5.41) is 3.74. The lowest BCUT2D eigenvalue weighted by Gasteiger charge is -2.56. The van der Waals surface area contributed by atoms with Crippen LogP contribution in [-0.4, -0.2) is 28.6 Å². The summed E-state index contributed by atoms with van der Waals surface area (Å²) in [6.45, 7) is 1.02. The summed E-state index contributed by atoms with van der Waals surface area (Å²) in [7, 11) is 0. The maximum Gasteiger partial charge on any atom is 0.341 e. The lowest BCUT2D eigenvalue weighted by Crippen LogP contribution is -2.59. The summed E-state index contributed by atoms with van der Waals surface area (Å²) < 4.78 is 9.32. The SMILES string of the molecule is O=C(OC(Oc1ccccc1)C(Cl)(Cl)Cl)c1ccc2c(c1)[C@@]13CCCC[C@H]1[C@@H](C2)NCC3. The molecular weight excluding hydrogens is 469 g/mol. The number of hydrogen-bond acceptors (Lipinski definition) is 4. The summed E-state index contributed by atoms with van der Waals surface area (Å²) >= 11 is 18.2. The molecule has 0 radical (unpaired) electrons. The van der Waals surface area contributed by atoms with Crippen LogP contribution in [0.5, 0.6) is 5.75 Å². The van der Waals surface area contributed by atoms with E-state index in [1.807, 2.05) is 18.2 Å². The molecule has 1 saturated heterocycles. The van der Waals surface area contributed by atoms with Crippen molar-refractivity contribution in [3.63, 3.8) is 0 Å². The van der Waals surface area contributed by atoms with Crippen LogP contribution in [0.15, 0.2) is 48.5 Å². The normalized spacial score (nSPS) is 27.6. The number of piperidine rings is 1. The first-order valence-corrected chi connectivity index (χ1v) is 12.4. The monoisotopic (exact) mass is 493 g/mol. The van der Waals surface area contributed by atoms with Gasteiger partial charge in [0.25, 0.3) is 10.1 Å². The molecule has 4 atom stereocenters. The van der Waals surface area contributed by atoms with E-state index < -0.39 is 16.1 Å². The molecule has 1 unspecified atom stereocenters. The molecule has 2 fully saturated rings. The van der Waals surface area contributed by atoms with Crippen molar-refractivity contribution in [3.8, 4) is 5.75 Å². The fourth-order valence-electron chi connectivity index (χ4n) is 6.00. The topological polar surface area (TPSA) is 47.6 Å². The van der Waals surface area contributed by atoms with Gasteiger partial charge in [-0.2, -0.15) is 0 Å². The first-order chi connectivity index (χ1) is 15.4. The van der Waals surface area contributed by atoms with Gasteiger partial charge in [-0.25, -0.2) is 4.79 Å². The van der Waals surface area contributed by atoms with Crippen LogP contribution >= 0.6 is 34.8 Å². The summed E-state index contributed by atoms with van der Waals surface area (Å²) in [4.78, 5) is 13.1. The zero-order chi connectivity index (χ0) is 22.3. The Morgan fingerprint density at radius 2 is 1.91 bits per heavy atom. The Balaban J connectivity index is 1.42. The van der Waals surface area contributed by atoms with Crippen LogP contribution in [0.1, 0.15) is 53.6 Å². The van der Waals surface area contributed by atoms with Crippen LogP contribution in [0.25, 0.3) is 0 Å². The van der Waals surface area contributed by atoms with E-state index in [0.717, 1.165) is 19.4 Å². The summed E-state index contributed by atoms with van der Waals surface area (Å²) in [5.41, 5.74) is 3.25. The molecule has 32 heavy (non-hydrogen) atoms. The predicted molar refractivity (Wildman–Crippen MR) is 127 cm³/mol. The number of para-hydroxylation sites is 1. The third kappa shape index (κ3) is 4.11. The second-order valence-electron chi connectivity index (χ2n) is 9.10. The number of benzene rings is 2. The minimum absolute atomic E-state index is 0.146. The number of carbonyl (C=O) groups excluding carboxylic acids is 1. The highest BCUT2D eigenvalue weighted by Gasteiger charge is 2.51. The number of alkyl halides is 3. The number of rotatable bonds is 4. The molecule has 0 aromatic heterocycles. The van der Waals surface area contributed by atoms with Gasteiger partial charge in [0.2, 0.25) is 0 Å². The van der Waals surface area contributed by atoms with Gasteiger partial charge in [0.05, 0.1) is 5.56 Å². The van der Waals surface area contributed by atoms with Crippen molar-refractivity contribution in [1.29, 1.82) is 0 Å². The van der Waals surface area contributed by atoms with E-state index in [0.29, 0.717) is 23.3 Å². The largest absolute Gasteiger partial charge is 0.450 e. The van der Waals surface area contributed by atoms with E-state index >= 15 is 0 Å². The van der Waals surface area contributed by atoms with Crippen molar-refractivity contribution in [2.24, 2.45) is 5.92 Å². The van der Waals surface area contributed by atoms with Crippen LogP contribution in [0.3, 0.4) is 0 Å². The van der Waals surface area contributed by atoms with Gasteiger partial charge in [-0.1, -0.05) is 71.9 Å². The molecular formula is C25H26Cl3NO3. The second-order valence-corrected chi connectivity index (χ2v) is 11.5. The maximum atomic E-state index is 13.1. The molecule has 2 bridgehead atoms. The second kappa shape index (κ2) is 8.72. The van der Waals surface area contributed by atoms with Gasteiger partial charge in [-0.3, -0.25) is 0 Å². The average molecular weight is 495 g/mol. The molecule has 4 nitrogen and oxygen atoms in total. The molecule has 2 aliphatic carbocycles. The number of carbonyl (C=O) groups is 1. The Hall–Kier alpha value is -1.46. The quantitative estimate of drug-likeness (QED) is 0.323. The molecule has 0 amide bonds. The van der Waals surface area contributed by atoms with Crippen molar-refractivity contribution in [2.45, 2.75) is 60.1 Å². The van der Waals surface area contributed by atoms with Gasteiger partial charge in [0, 0.05) is 11.5 Å². The third-order valence-corrected chi connectivity index (χ3v) is 7.89. The van der Waals surface area contributed by atoms with Gasteiger partial charge in [0.1, 0.15) is 5.75 Å². The third-order valence-electron chi connectivity index (χ3n) is 7.35. The summed E-state index contributed by atoms with van der Waals surface area (Å²) in [5.74, 6) is 0.519. The van der Waals surface area contributed by atoms with Gasteiger partial charge in [0.15, 0.2) is 0 Å². The van der Waals surface area contributed by atoms with E-state index in [4.69, 9.17) is 44.3 Å². The molecule has 1 aliphatic heterocycles. The molecule has 7 heteroatoms. The Kier molecular flexibility index (Phi) is 6.08. The fraction of sp³-hybridized carbons (Fsp3) is 0.480. The Bertz CT molecular complexity index is 990. The van der Waals surface area contributed by atoms with Gasteiger partial charge in [-0.15, -0.1) is 0 Å². The smallest absolute Gasteiger partial charge is 0.341 e. The number of nitrogens with one attached hydrogen (secondary N) is 1. The molecule has 2 aromatic carbocycles. The van der Waals surface area contributed by atoms with E-state index in [9.17, 15) is 4.79 Å². The molecule has 3 aliphatic rings. The number of ether oxygens (including phenoxy) is 2. The molecule has 1 heterocycles. The average Bonchev–Trinajstić information content (AvgIpc) is 2.78. The number of hydrogen-bond donors (Lipinski definition) is 1. The van der Waals surface area contributed by atoms with E-state index in [1.165, 1.54) is 36.8 Å². The zero-order valence-electron chi connectivity index (χ0n) is 17.7. The van der Waals surface area contributed by atoms with Gasteiger partial charge < -0.3 is 14.8 Å². The van der Waals surface area contributed by atoms with E-state index in [1.54, 1.807) is 24.3 Å². The van der Waals surface area contributed by atoms with Crippen LogP contribution in [-0.2, 0) is 16.6 Å². The first kappa shape index (κ1) is 22.3. The van der Waals surface area contributed by atoms with E-state index in [-0.39, 0.29) is 5.41 Å². The number of fused-ring (bicyclic) bond motifs is 1. The van der Waals surface area contributed by atoms with E-state index in [2.05, 4.69) is 11.4 Å². The Morgan fingerprint density at radius 3 is 2.69 bits per heavy atom. The van der Waals surface area contributed by atoms with Crippen LogP contribution < -0.4 is 10.1 Å². The van der Waals surface area contributed by atoms with Crippen molar-refractivity contribution in [3.05, 3.63) is 65.2 Å². The molecule has 5 rings (SSSR count). The highest BCUT2D eigenvalue weighted by molar-refractivity contribution is 6.68. The van der Waals surface area contributed by atoms with Crippen molar-refractivity contribution in [1.82, 2.24) is 5.32 Å². The standard InChI is InChI=1S/C25H26Cl3NO3/c26-25(27,28)23(31-18-6-2-1-3-7-18)32-22(30)17-10-9-16-15-21-19-8-4-5-11-24(19,12-13-29-21)20(16)14-17/h1-3,6-7,9-10,14,19,21,23,29H,4-5,8,11-13,15H2/t19-,21+,23?,24+/m0/s1. The van der Waals surface area contributed by atoms with Crippen LogP contribution in [0, 0.1) is 5.92 Å². The highest BCUT2D eigenvalue weighted by atomic mass is 35.6. The zero-order valence-corrected chi connectivity index (χ0v) is 19.9. The lowest BCUT2D eigenvalue weighted by molar-refractivity contribution is -0.0457. The lowest BCUT2D eigenvalue weighted by atomic mass is 9.52. The molecule has 1 N–H and O–H groups in total. The molecule has 2 aromatic rings. The highest BCUT2D eigenvalue weighted by Crippen LogP contribution is 2.54. The fourth-order valence-corrected chi connectivity index (χ4v) is 6.26. The maximum absolute atomic E-state index is 13.1. The Labute approximate surface area is 203 Å². The van der Waals surface area contributed by atoms with Crippen molar-refractivity contribution >= 4 is 40.8 Å². The molecule has 1 saturated carbocycles. The van der Waals surface area contributed by atoms with Gasteiger partial charge >= 0.3 is 5.97 Å². The van der Waals surface area contributed by atoms with Crippen molar-refractivity contribution < 1.29 is 14.3 Å².